The molecule has 1 saturated carbocycles. The second-order valence-electron chi connectivity index (χ2n) is 4.66. The summed E-state index contributed by atoms with van der Waals surface area (Å²) in [5.41, 5.74) is 7.23. The van der Waals surface area contributed by atoms with Gasteiger partial charge in [0.2, 0.25) is 5.91 Å². The van der Waals surface area contributed by atoms with Gasteiger partial charge >= 0.3 is 0 Å². The van der Waals surface area contributed by atoms with Crippen LogP contribution in [0.5, 0.6) is 0 Å². The number of aromatic nitrogens is 1. The predicted octanol–water partition coefficient (Wildman–Crippen LogP) is 1.19. The number of carbonyl (C=O) groups is 1. The zero-order valence-electron chi connectivity index (χ0n) is 10.7. The van der Waals surface area contributed by atoms with Gasteiger partial charge < -0.3 is 16.4 Å². The lowest BCUT2D eigenvalue weighted by molar-refractivity contribution is -0.121. The van der Waals surface area contributed by atoms with E-state index in [2.05, 4.69) is 15.6 Å². The van der Waals surface area contributed by atoms with E-state index < -0.39 is 0 Å². The molecule has 6 heteroatoms. The van der Waals surface area contributed by atoms with Crippen molar-refractivity contribution in [3.63, 3.8) is 0 Å². The summed E-state index contributed by atoms with van der Waals surface area (Å²) in [4.78, 5) is 15.9. The third-order valence-electron chi connectivity index (χ3n) is 2.93. The zero-order chi connectivity index (χ0) is 13.7. The maximum absolute atomic E-state index is 11.5. The molecule has 0 spiro atoms. The summed E-state index contributed by atoms with van der Waals surface area (Å²) in [5.74, 6) is 0.130. The van der Waals surface area contributed by atoms with Crippen molar-refractivity contribution in [1.82, 2.24) is 10.3 Å². The van der Waals surface area contributed by atoms with E-state index in [9.17, 15) is 4.79 Å². The van der Waals surface area contributed by atoms with E-state index in [0.29, 0.717) is 24.0 Å². The predicted molar refractivity (Wildman–Crippen MR) is 79.0 cm³/mol. The summed E-state index contributed by atoms with van der Waals surface area (Å²) in [6.45, 7) is 0.694. The van der Waals surface area contributed by atoms with E-state index in [-0.39, 0.29) is 5.91 Å². The molecule has 1 amide bonds. The Labute approximate surface area is 118 Å². The van der Waals surface area contributed by atoms with Crippen molar-refractivity contribution in [2.45, 2.75) is 31.7 Å². The standard InChI is InChI=1S/C13H18N4OS/c14-13(19)10-5-7-15-8-11(10)16-6-1-2-12(18)17-9-3-4-9/h5,7-9,16H,1-4,6H2,(H2,14,19)(H,17,18). The van der Waals surface area contributed by atoms with E-state index in [1.54, 1.807) is 18.5 Å². The number of nitrogens with one attached hydrogen (secondary N) is 2. The third-order valence-corrected chi connectivity index (χ3v) is 3.14. The smallest absolute Gasteiger partial charge is 0.220 e. The molecule has 0 unspecified atom stereocenters. The molecule has 0 atom stereocenters. The molecular weight excluding hydrogens is 260 g/mol. The molecule has 0 bridgehead atoms. The Kier molecular flexibility index (Phi) is 4.68. The molecule has 1 aromatic heterocycles. The molecule has 2 rings (SSSR count). The fourth-order valence-corrected chi connectivity index (χ4v) is 1.93. The first-order chi connectivity index (χ1) is 9.16. The fourth-order valence-electron chi connectivity index (χ4n) is 1.75. The summed E-state index contributed by atoms with van der Waals surface area (Å²) in [5, 5.41) is 6.17. The Morgan fingerprint density at radius 1 is 1.53 bits per heavy atom. The number of rotatable bonds is 7. The molecule has 0 aliphatic heterocycles. The molecule has 1 heterocycles. The Bertz CT molecular complexity index is 473. The molecule has 4 N–H and O–H groups in total. The van der Waals surface area contributed by atoms with Crippen LogP contribution in [-0.4, -0.2) is 28.5 Å². The van der Waals surface area contributed by atoms with Gasteiger partial charge in [0.05, 0.1) is 11.9 Å². The van der Waals surface area contributed by atoms with Crippen LogP contribution >= 0.6 is 12.2 Å². The average Bonchev–Trinajstić information content (AvgIpc) is 3.19. The second-order valence-corrected chi connectivity index (χ2v) is 5.10. The Hall–Kier alpha value is -1.69. The molecule has 1 fully saturated rings. The number of thiocarbonyl (C=S) groups is 1. The van der Waals surface area contributed by atoms with Crippen LogP contribution in [0.3, 0.4) is 0 Å². The molecule has 5 nitrogen and oxygen atoms in total. The number of nitrogens with two attached hydrogens (primary N) is 1. The minimum absolute atomic E-state index is 0.130. The van der Waals surface area contributed by atoms with Crippen molar-refractivity contribution in [1.29, 1.82) is 0 Å². The van der Waals surface area contributed by atoms with Crippen LogP contribution < -0.4 is 16.4 Å². The molecule has 19 heavy (non-hydrogen) atoms. The molecule has 102 valence electrons. The van der Waals surface area contributed by atoms with Gasteiger partial charge in [0.1, 0.15) is 4.99 Å². The normalized spacial score (nSPS) is 13.9. The number of carbonyl (C=O) groups excluding carboxylic acids is 1. The van der Waals surface area contributed by atoms with Crippen molar-refractivity contribution >= 4 is 28.8 Å². The summed E-state index contributed by atoms with van der Waals surface area (Å²) in [6, 6.07) is 2.21. The molecule has 0 radical (unpaired) electrons. The third kappa shape index (κ3) is 4.48. The lowest BCUT2D eigenvalue weighted by atomic mass is 10.2. The SMILES string of the molecule is NC(=S)c1ccncc1NCCCC(=O)NC1CC1. The van der Waals surface area contributed by atoms with Crippen molar-refractivity contribution < 1.29 is 4.79 Å². The second kappa shape index (κ2) is 6.47. The molecule has 0 saturated heterocycles. The lowest BCUT2D eigenvalue weighted by Crippen LogP contribution is -2.25. The topological polar surface area (TPSA) is 80.0 Å². The molecule has 0 aromatic carbocycles. The monoisotopic (exact) mass is 278 g/mol. The van der Waals surface area contributed by atoms with Gasteiger partial charge in [0.25, 0.3) is 0 Å². The largest absolute Gasteiger partial charge is 0.389 e. The van der Waals surface area contributed by atoms with Crippen molar-refractivity contribution in [3.05, 3.63) is 24.0 Å². The van der Waals surface area contributed by atoms with E-state index in [4.69, 9.17) is 18.0 Å². The number of pyridine rings is 1. The van der Waals surface area contributed by atoms with E-state index >= 15 is 0 Å². The van der Waals surface area contributed by atoms with Crippen molar-refractivity contribution in [3.8, 4) is 0 Å². The van der Waals surface area contributed by atoms with E-state index in [0.717, 1.165) is 30.5 Å². The summed E-state index contributed by atoms with van der Waals surface area (Å²) < 4.78 is 0. The first-order valence-electron chi connectivity index (χ1n) is 6.44. The van der Waals surface area contributed by atoms with Gasteiger partial charge in [0.15, 0.2) is 0 Å². The zero-order valence-corrected chi connectivity index (χ0v) is 11.5. The number of anilines is 1. The van der Waals surface area contributed by atoms with Gasteiger partial charge in [-0.25, -0.2) is 0 Å². The Balaban J connectivity index is 1.72. The summed E-state index contributed by atoms with van der Waals surface area (Å²) >= 11 is 4.97. The highest BCUT2D eigenvalue weighted by Crippen LogP contribution is 2.18. The minimum atomic E-state index is 0.130. The molecule has 1 aliphatic rings. The first-order valence-corrected chi connectivity index (χ1v) is 6.84. The lowest BCUT2D eigenvalue weighted by Gasteiger charge is -2.10. The maximum Gasteiger partial charge on any atom is 0.220 e. The highest BCUT2D eigenvalue weighted by Gasteiger charge is 2.22. The quantitative estimate of drug-likeness (QED) is 0.515. The number of amides is 1. The van der Waals surface area contributed by atoms with Crippen LogP contribution in [0.1, 0.15) is 31.2 Å². The minimum Gasteiger partial charge on any atom is -0.389 e. The molecule has 1 aliphatic carbocycles. The van der Waals surface area contributed by atoms with Crippen LogP contribution in [-0.2, 0) is 4.79 Å². The van der Waals surface area contributed by atoms with Crippen LogP contribution in [0, 0.1) is 0 Å². The van der Waals surface area contributed by atoms with Gasteiger partial charge in [-0.2, -0.15) is 0 Å². The maximum atomic E-state index is 11.5. The number of hydrogen-bond donors (Lipinski definition) is 3. The van der Waals surface area contributed by atoms with Gasteiger partial charge in [-0.15, -0.1) is 0 Å². The first kappa shape index (κ1) is 13.7. The molecule has 1 aromatic rings. The highest BCUT2D eigenvalue weighted by molar-refractivity contribution is 7.80. The van der Waals surface area contributed by atoms with E-state index in [1.165, 1.54) is 0 Å². The van der Waals surface area contributed by atoms with Crippen LogP contribution in [0.2, 0.25) is 0 Å². The van der Waals surface area contributed by atoms with Gasteiger partial charge in [0, 0.05) is 30.8 Å². The van der Waals surface area contributed by atoms with Crippen molar-refractivity contribution in [2.24, 2.45) is 5.73 Å². The average molecular weight is 278 g/mol. The molecular formula is C13H18N4OS. The number of hydrogen-bond acceptors (Lipinski definition) is 4. The fraction of sp³-hybridized carbons (Fsp3) is 0.462. The number of nitrogens with zero attached hydrogens (tertiary/aromatic N) is 1. The van der Waals surface area contributed by atoms with Gasteiger partial charge in [-0.3, -0.25) is 9.78 Å². The van der Waals surface area contributed by atoms with Crippen LogP contribution in [0.15, 0.2) is 18.5 Å². The van der Waals surface area contributed by atoms with Gasteiger partial charge in [-0.1, -0.05) is 12.2 Å². The van der Waals surface area contributed by atoms with Gasteiger partial charge in [-0.05, 0) is 25.3 Å². The highest BCUT2D eigenvalue weighted by atomic mass is 32.1. The Morgan fingerprint density at radius 2 is 2.32 bits per heavy atom. The summed E-state index contributed by atoms with van der Waals surface area (Å²) in [6.07, 6.45) is 6.89. The Morgan fingerprint density at radius 3 is 3.00 bits per heavy atom. The summed E-state index contributed by atoms with van der Waals surface area (Å²) in [7, 11) is 0. The van der Waals surface area contributed by atoms with E-state index in [1.807, 2.05) is 0 Å². The van der Waals surface area contributed by atoms with Crippen LogP contribution in [0.4, 0.5) is 5.69 Å². The van der Waals surface area contributed by atoms with Crippen LogP contribution in [0.25, 0.3) is 0 Å². The van der Waals surface area contributed by atoms with Crippen molar-refractivity contribution in [2.75, 3.05) is 11.9 Å².